The van der Waals surface area contributed by atoms with Crippen molar-refractivity contribution in [2.45, 2.75) is 208 Å². The highest BCUT2D eigenvalue weighted by molar-refractivity contribution is 5.69. The first kappa shape index (κ1) is 38.7. The van der Waals surface area contributed by atoms with Gasteiger partial charge in [0.25, 0.3) is 0 Å². The van der Waals surface area contributed by atoms with Gasteiger partial charge in [0, 0.05) is 12.8 Å². The number of carbonyl (C=O) groups excluding carboxylic acids is 1. The summed E-state index contributed by atoms with van der Waals surface area (Å²) in [6.45, 7) is 14.9. The van der Waals surface area contributed by atoms with Gasteiger partial charge in [0.05, 0.1) is 0 Å². The molecule has 0 bridgehead atoms. The zero-order chi connectivity index (χ0) is 33.7. The number of unbranched alkanes of at least 4 members (excludes halogenated alkanes) is 11. The normalized spacial score (nSPS) is 32.6. The Morgan fingerprint density at radius 3 is 2.19 bits per heavy atom. The highest BCUT2D eigenvalue weighted by Gasteiger charge is 2.59. The lowest BCUT2D eigenvalue weighted by atomic mass is 9.47. The van der Waals surface area contributed by atoms with E-state index >= 15 is 0 Å². The molecule has 8 atom stereocenters. The summed E-state index contributed by atoms with van der Waals surface area (Å²) in [6, 6.07) is 0. The van der Waals surface area contributed by atoms with E-state index < -0.39 is 0 Å². The molecule has 0 spiro atoms. The lowest BCUT2D eigenvalue weighted by Gasteiger charge is -2.58. The van der Waals surface area contributed by atoms with Crippen molar-refractivity contribution in [2.75, 3.05) is 0 Å². The van der Waals surface area contributed by atoms with E-state index in [4.69, 9.17) is 4.74 Å². The Labute approximate surface area is 293 Å². The number of rotatable bonds is 21. The summed E-state index contributed by atoms with van der Waals surface area (Å²) in [6.07, 6.45) is 39.5. The minimum atomic E-state index is 0.0541. The maximum atomic E-state index is 12.8. The van der Waals surface area contributed by atoms with Crippen LogP contribution in [0.4, 0.5) is 0 Å². The molecule has 1 unspecified atom stereocenters. The lowest BCUT2D eigenvalue weighted by molar-refractivity contribution is -0.151. The van der Waals surface area contributed by atoms with Crippen LogP contribution in [0.3, 0.4) is 0 Å². The van der Waals surface area contributed by atoms with Crippen LogP contribution in [0, 0.1) is 46.3 Å². The molecule has 0 heterocycles. The molecular weight excluding hydrogens is 572 g/mol. The van der Waals surface area contributed by atoms with Gasteiger partial charge in [-0.05, 0) is 123 Å². The molecule has 4 rings (SSSR count). The molecule has 0 radical (unpaired) electrons. The van der Waals surface area contributed by atoms with E-state index in [1.165, 1.54) is 128 Å². The highest BCUT2D eigenvalue weighted by Crippen LogP contribution is 2.67. The van der Waals surface area contributed by atoms with Crippen LogP contribution in [0.2, 0.25) is 0 Å². The van der Waals surface area contributed by atoms with Crippen LogP contribution < -0.4 is 0 Å². The number of hydrogen-bond donors (Lipinski definition) is 0. The van der Waals surface area contributed by atoms with Gasteiger partial charge in [0.2, 0.25) is 0 Å². The summed E-state index contributed by atoms with van der Waals surface area (Å²) in [5, 5.41) is 0. The Kier molecular flexibility index (Phi) is 16.0. The Morgan fingerprint density at radius 2 is 1.49 bits per heavy atom. The monoisotopic (exact) mass is 651 g/mol. The Bertz CT molecular complexity index is 976. The molecule has 0 aliphatic heterocycles. The fraction of sp³-hybridized carbons (Fsp3) is 0.889. The summed E-state index contributed by atoms with van der Waals surface area (Å²) in [5.41, 5.74) is 2.53. The summed E-state index contributed by atoms with van der Waals surface area (Å²) in [4.78, 5) is 12.8. The van der Waals surface area contributed by atoms with E-state index in [2.05, 4.69) is 59.8 Å². The largest absolute Gasteiger partial charge is 0.462 e. The third-order valence-electron chi connectivity index (χ3n) is 14.2. The minimum Gasteiger partial charge on any atom is -0.462 e. The molecule has 0 aromatic rings. The average Bonchev–Trinajstić information content (AvgIpc) is 3.40. The van der Waals surface area contributed by atoms with Crippen molar-refractivity contribution in [2.24, 2.45) is 46.3 Å². The van der Waals surface area contributed by atoms with Crippen molar-refractivity contribution >= 4 is 5.97 Å². The van der Waals surface area contributed by atoms with Crippen molar-refractivity contribution in [1.29, 1.82) is 0 Å². The number of esters is 1. The van der Waals surface area contributed by atoms with E-state index in [0.717, 1.165) is 61.2 Å². The second-order valence-electron chi connectivity index (χ2n) is 18.0. The van der Waals surface area contributed by atoms with Crippen molar-refractivity contribution in [1.82, 2.24) is 0 Å². The first-order valence-corrected chi connectivity index (χ1v) is 21.2. The SMILES string of the molecule is CCCCCCCC/C=C/CCCCCCCC(=O)O[C@@H]1CC[C@]2(C)C(=CC[C@H]3[C@@H]4CCC([C@H](C)CCCC(C)C)[C@]4(C)CC[C@@H]32)C1. The van der Waals surface area contributed by atoms with Crippen LogP contribution in [-0.2, 0) is 9.53 Å². The molecule has 0 aromatic carbocycles. The van der Waals surface area contributed by atoms with Gasteiger partial charge in [-0.2, -0.15) is 0 Å². The van der Waals surface area contributed by atoms with E-state index in [1.807, 2.05) is 0 Å². The molecule has 0 aromatic heterocycles. The van der Waals surface area contributed by atoms with Crippen molar-refractivity contribution in [3.63, 3.8) is 0 Å². The second kappa shape index (κ2) is 19.4. The zero-order valence-electron chi connectivity index (χ0n) is 32.3. The molecule has 270 valence electrons. The molecule has 4 aliphatic carbocycles. The number of hydrogen-bond acceptors (Lipinski definition) is 2. The summed E-state index contributed by atoms with van der Waals surface area (Å²) >= 11 is 0. The molecule has 3 saturated carbocycles. The molecule has 2 nitrogen and oxygen atoms in total. The van der Waals surface area contributed by atoms with Gasteiger partial charge in [-0.1, -0.05) is 136 Å². The van der Waals surface area contributed by atoms with Crippen LogP contribution in [-0.4, -0.2) is 12.1 Å². The summed E-state index contributed by atoms with van der Waals surface area (Å²) in [5.74, 6) is 5.31. The summed E-state index contributed by atoms with van der Waals surface area (Å²) < 4.78 is 6.12. The highest BCUT2D eigenvalue weighted by atomic mass is 16.5. The maximum absolute atomic E-state index is 12.8. The van der Waals surface area contributed by atoms with E-state index in [0.29, 0.717) is 17.3 Å². The molecule has 3 fully saturated rings. The van der Waals surface area contributed by atoms with Gasteiger partial charge in [-0.25, -0.2) is 0 Å². The maximum Gasteiger partial charge on any atom is 0.306 e. The van der Waals surface area contributed by atoms with Crippen LogP contribution >= 0.6 is 0 Å². The van der Waals surface area contributed by atoms with Crippen LogP contribution in [0.15, 0.2) is 23.8 Å². The molecule has 4 aliphatic rings. The zero-order valence-corrected chi connectivity index (χ0v) is 32.3. The van der Waals surface area contributed by atoms with Gasteiger partial charge in [0.15, 0.2) is 0 Å². The van der Waals surface area contributed by atoms with Gasteiger partial charge in [0.1, 0.15) is 6.10 Å². The molecule has 0 amide bonds. The second-order valence-corrected chi connectivity index (χ2v) is 18.0. The Morgan fingerprint density at radius 1 is 0.809 bits per heavy atom. The van der Waals surface area contributed by atoms with Crippen LogP contribution in [0.25, 0.3) is 0 Å². The summed E-state index contributed by atoms with van der Waals surface area (Å²) in [7, 11) is 0. The molecule has 47 heavy (non-hydrogen) atoms. The fourth-order valence-corrected chi connectivity index (χ4v) is 11.3. The smallest absolute Gasteiger partial charge is 0.306 e. The first-order chi connectivity index (χ1) is 22.7. The van der Waals surface area contributed by atoms with Crippen molar-refractivity contribution < 1.29 is 9.53 Å². The number of ether oxygens (including phenoxy) is 1. The Balaban J connectivity index is 1.12. The Hall–Kier alpha value is -1.05. The molecule has 2 heteroatoms. The predicted octanol–water partition coefficient (Wildman–Crippen LogP) is 14.0. The average molecular weight is 651 g/mol. The number of fused-ring (bicyclic) bond motifs is 5. The van der Waals surface area contributed by atoms with E-state index in [-0.39, 0.29) is 12.1 Å². The van der Waals surface area contributed by atoms with Crippen LogP contribution in [0.1, 0.15) is 202 Å². The molecular formula is C45H78O2. The van der Waals surface area contributed by atoms with Crippen molar-refractivity contribution in [3.05, 3.63) is 23.8 Å². The van der Waals surface area contributed by atoms with E-state index in [9.17, 15) is 4.79 Å². The van der Waals surface area contributed by atoms with Gasteiger partial charge in [-0.3, -0.25) is 4.79 Å². The quantitative estimate of drug-likeness (QED) is 0.0702. The third kappa shape index (κ3) is 10.7. The van der Waals surface area contributed by atoms with E-state index in [1.54, 1.807) is 5.57 Å². The lowest BCUT2D eigenvalue weighted by Crippen LogP contribution is -2.51. The number of carbonyl (C=O) groups is 1. The standard InChI is InChI=1S/C45H78O2/c1-7-8-9-10-11-12-13-14-15-16-17-18-19-20-21-25-43(46)47-38-30-32-44(5)37(34-38)26-27-39-41-29-28-40(36(4)24-22-23-35(2)3)45(41,6)33-31-42(39)44/h14-15,26,35-36,38-42H,7-13,16-25,27-34H2,1-6H3/b15-14+/t36-,38-,39+,40?,41+,42+,44-,45+/m1/s1. The minimum absolute atomic E-state index is 0.0541. The number of allylic oxidation sites excluding steroid dienone is 3. The molecule has 0 saturated heterocycles. The van der Waals surface area contributed by atoms with Crippen LogP contribution in [0.5, 0.6) is 0 Å². The van der Waals surface area contributed by atoms with Gasteiger partial charge in [-0.15, -0.1) is 0 Å². The fourth-order valence-electron chi connectivity index (χ4n) is 11.3. The van der Waals surface area contributed by atoms with Gasteiger partial charge >= 0.3 is 5.97 Å². The van der Waals surface area contributed by atoms with Gasteiger partial charge < -0.3 is 4.74 Å². The topological polar surface area (TPSA) is 26.3 Å². The third-order valence-corrected chi connectivity index (χ3v) is 14.2. The molecule has 0 N–H and O–H groups in total. The van der Waals surface area contributed by atoms with Crippen molar-refractivity contribution in [3.8, 4) is 0 Å². The predicted molar refractivity (Wildman–Crippen MR) is 202 cm³/mol. The first-order valence-electron chi connectivity index (χ1n) is 21.2.